The Labute approximate surface area is 119 Å². The van der Waals surface area contributed by atoms with E-state index in [4.69, 9.17) is 5.73 Å². The van der Waals surface area contributed by atoms with Gasteiger partial charge in [-0.1, -0.05) is 6.92 Å². The molecule has 0 radical (unpaired) electrons. The lowest BCUT2D eigenvalue weighted by Crippen LogP contribution is -2.38. The number of thioether (sulfide) groups is 1. The summed E-state index contributed by atoms with van der Waals surface area (Å²) in [5, 5.41) is 3.99. The molecular weight excluding hydrogens is 284 g/mol. The molecule has 0 saturated heterocycles. The zero-order valence-corrected chi connectivity index (χ0v) is 13.5. The van der Waals surface area contributed by atoms with Gasteiger partial charge in [0.1, 0.15) is 4.90 Å². The summed E-state index contributed by atoms with van der Waals surface area (Å²) in [6.45, 7) is 4.45. The van der Waals surface area contributed by atoms with E-state index in [9.17, 15) is 8.42 Å². The van der Waals surface area contributed by atoms with Gasteiger partial charge in [0.25, 0.3) is 0 Å². The molecule has 0 amide bonds. The average molecular weight is 306 g/mol. The molecule has 1 rings (SSSR count). The highest BCUT2D eigenvalue weighted by Gasteiger charge is 2.30. The fraction of sp³-hybridized carbons (Fsp3) is 0.727. The van der Waals surface area contributed by atoms with Crippen molar-refractivity contribution < 1.29 is 8.42 Å². The molecule has 0 aliphatic carbocycles. The lowest BCUT2D eigenvalue weighted by Gasteiger charge is -2.25. The van der Waals surface area contributed by atoms with Crippen LogP contribution in [0.15, 0.2) is 11.1 Å². The molecule has 1 aromatic rings. The molecule has 0 aromatic carbocycles. The van der Waals surface area contributed by atoms with Crippen molar-refractivity contribution in [2.24, 2.45) is 0 Å². The van der Waals surface area contributed by atoms with Gasteiger partial charge in [0, 0.05) is 31.6 Å². The third-order valence-corrected chi connectivity index (χ3v) is 5.73. The molecule has 1 unspecified atom stereocenters. The van der Waals surface area contributed by atoms with Crippen molar-refractivity contribution in [3.63, 3.8) is 0 Å². The van der Waals surface area contributed by atoms with Crippen molar-refractivity contribution in [3.05, 3.63) is 6.20 Å². The highest BCUT2D eigenvalue weighted by atomic mass is 32.2. The molecule has 19 heavy (non-hydrogen) atoms. The number of aromatic nitrogens is 2. The Hall–Kier alpha value is -0.730. The third kappa shape index (κ3) is 3.43. The molecule has 0 spiro atoms. The normalized spacial score (nSPS) is 13.9. The minimum atomic E-state index is -3.58. The first-order chi connectivity index (χ1) is 8.88. The summed E-state index contributed by atoms with van der Waals surface area (Å²) in [4.78, 5) is 0.0939. The number of hydrogen-bond donors (Lipinski definition) is 1. The van der Waals surface area contributed by atoms with Gasteiger partial charge in [0.2, 0.25) is 10.0 Å². The summed E-state index contributed by atoms with van der Waals surface area (Å²) >= 11 is 1.63. The van der Waals surface area contributed by atoms with Crippen LogP contribution < -0.4 is 5.73 Å². The van der Waals surface area contributed by atoms with Crippen LogP contribution in [0.4, 0.5) is 5.82 Å². The van der Waals surface area contributed by atoms with Crippen molar-refractivity contribution in [1.82, 2.24) is 14.1 Å². The van der Waals surface area contributed by atoms with Gasteiger partial charge in [-0.2, -0.15) is 21.2 Å². The number of nitrogens with zero attached hydrogens (tertiary/aromatic N) is 3. The van der Waals surface area contributed by atoms with Crippen LogP contribution in [0.25, 0.3) is 0 Å². The van der Waals surface area contributed by atoms with Gasteiger partial charge in [-0.05, 0) is 19.6 Å². The largest absolute Gasteiger partial charge is 0.381 e. The van der Waals surface area contributed by atoms with Crippen molar-refractivity contribution in [2.45, 2.75) is 37.8 Å². The molecule has 0 saturated carbocycles. The number of aryl methyl sites for hydroxylation is 1. The second kappa shape index (κ2) is 6.62. The van der Waals surface area contributed by atoms with E-state index in [0.29, 0.717) is 6.54 Å². The lowest BCUT2D eigenvalue weighted by molar-refractivity contribution is 0.385. The van der Waals surface area contributed by atoms with E-state index in [1.165, 1.54) is 15.2 Å². The maximum Gasteiger partial charge on any atom is 0.248 e. The van der Waals surface area contributed by atoms with E-state index in [1.807, 2.05) is 20.1 Å². The van der Waals surface area contributed by atoms with E-state index >= 15 is 0 Å². The van der Waals surface area contributed by atoms with Crippen LogP contribution in [0.3, 0.4) is 0 Å². The quantitative estimate of drug-likeness (QED) is 0.820. The van der Waals surface area contributed by atoms with Crippen LogP contribution in [0, 0.1) is 0 Å². The molecule has 0 bridgehead atoms. The van der Waals surface area contributed by atoms with Crippen LogP contribution >= 0.6 is 11.8 Å². The van der Waals surface area contributed by atoms with Crippen LogP contribution in [0.5, 0.6) is 0 Å². The molecular formula is C11H22N4O2S2. The highest BCUT2D eigenvalue weighted by Crippen LogP contribution is 2.23. The van der Waals surface area contributed by atoms with E-state index in [0.717, 1.165) is 12.2 Å². The predicted molar refractivity (Wildman–Crippen MR) is 79.7 cm³/mol. The molecule has 0 fully saturated rings. The topological polar surface area (TPSA) is 81.2 Å². The molecule has 6 nitrogen and oxygen atoms in total. The standard InChI is InChI=1S/C11H22N4O2S2/c1-5-9(8-18-4)14(3)19(16,17)10-7-15(6-2)13-11(10)12/h7,9H,5-6,8H2,1-4H3,(H2,12,13). The van der Waals surface area contributed by atoms with Gasteiger partial charge < -0.3 is 5.73 Å². The van der Waals surface area contributed by atoms with E-state index in [-0.39, 0.29) is 16.8 Å². The maximum atomic E-state index is 12.5. The maximum absolute atomic E-state index is 12.5. The second-order valence-electron chi connectivity index (χ2n) is 4.27. The number of sulfonamides is 1. The smallest absolute Gasteiger partial charge is 0.248 e. The van der Waals surface area contributed by atoms with Crippen molar-refractivity contribution >= 4 is 27.6 Å². The Morgan fingerprint density at radius 1 is 1.53 bits per heavy atom. The summed E-state index contributed by atoms with van der Waals surface area (Å²) in [6, 6.07) is -0.0376. The van der Waals surface area contributed by atoms with Gasteiger partial charge in [0.05, 0.1) is 0 Å². The molecule has 2 N–H and O–H groups in total. The Kier molecular flexibility index (Phi) is 5.69. The van der Waals surface area contributed by atoms with Crippen LogP contribution in [0.2, 0.25) is 0 Å². The van der Waals surface area contributed by atoms with Crippen molar-refractivity contribution in [3.8, 4) is 0 Å². The van der Waals surface area contributed by atoms with E-state index < -0.39 is 10.0 Å². The fourth-order valence-corrected chi connectivity index (χ4v) is 4.23. The molecule has 110 valence electrons. The molecule has 0 aliphatic rings. The lowest BCUT2D eigenvalue weighted by atomic mass is 10.3. The van der Waals surface area contributed by atoms with Gasteiger partial charge >= 0.3 is 0 Å². The first-order valence-electron chi connectivity index (χ1n) is 6.18. The summed E-state index contributed by atoms with van der Waals surface area (Å²) < 4.78 is 28.0. The Morgan fingerprint density at radius 3 is 2.58 bits per heavy atom. The Bertz CT molecular complexity index is 513. The van der Waals surface area contributed by atoms with E-state index in [1.54, 1.807) is 18.8 Å². The van der Waals surface area contributed by atoms with Gasteiger partial charge in [0.15, 0.2) is 5.82 Å². The van der Waals surface area contributed by atoms with Crippen molar-refractivity contribution in [2.75, 3.05) is 24.8 Å². The monoisotopic (exact) mass is 306 g/mol. The molecule has 1 heterocycles. The Balaban J connectivity index is 3.11. The number of hydrogen-bond acceptors (Lipinski definition) is 5. The molecule has 8 heteroatoms. The summed E-state index contributed by atoms with van der Waals surface area (Å²) in [5.74, 6) is 0.821. The summed E-state index contributed by atoms with van der Waals surface area (Å²) in [7, 11) is -1.98. The SMILES string of the molecule is CCC(CSC)N(C)S(=O)(=O)c1cn(CC)nc1N. The summed E-state index contributed by atoms with van der Waals surface area (Å²) in [5.41, 5.74) is 5.71. The van der Waals surface area contributed by atoms with Gasteiger partial charge in [-0.25, -0.2) is 8.42 Å². The average Bonchev–Trinajstić information content (AvgIpc) is 2.77. The first kappa shape index (κ1) is 16.3. The fourth-order valence-electron chi connectivity index (χ4n) is 1.80. The molecule has 1 atom stereocenters. The van der Waals surface area contributed by atoms with Crippen molar-refractivity contribution in [1.29, 1.82) is 0 Å². The molecule has 0 aliphatic heterocycles. The number of nitrogens with two attached hydrogens (primary N) is 1. The molecule has 1 aromatic heterocycles. The van der Waals surface area contributed by atoms with Gasteiger partial charge in [-0.15, -0.1) is 0 Å². The minimum Gasteiger partial charge on any atom is -0.381 e. The van der Waals surface area contributed by atoms with Crippen LogP contribution in [-0.2, 0) is 16.6 Å². The van der Waals surface area contributed by atoms with Gasteiger partial charge in [-0.3, -0.25) is 4.68 Å². The second-order valence-corrected chi connectivity index (χ2v) is 7.15. The highest BCUT2D eigenvalue weighted by molar-refractivity contribution is 7.98. The number of anilines is 1. The van der Waals surface area contributed by atoms with E-state index in [2.05, 4.69) is 5.10 Å². The number of nitrogen functional groups attached to an aromatic ring is 1. The van der Waals surface area contributed by atoms with Crippen LogP contribution in [0.1, 0.15) is 20.3 Å². The Morgan fingerprint density at radius 2 is 2.16 bits per heavy atom. The van der Waals surface area contributed by atoms with Crippen LogP contribution in [-0.4, -0.2) is 47.6 Å². The zero-order chi connectivity index (χ0) is 14.6. The first-order valence-corrected chi connectivity index (χ1v) is 9.01. The summed E-state index contributed by atoms with van der Waals surface area (Å²) in [6.07, 6.45) is 4.22. The number of rotatable bonds is 7. The minimum absolute atomic E-state index is 0.0376. The third-order valence-electron chi connectivity index (χ3n) is 3.08. The predicted octanol–water partition coefficient (Wildman–Crippen LogP) is 1.25. The zero-order valence-electron chi connectivity index (χ0n) is 11.8.